The van der Waals surface area contributed by atoms with E-state index in [1.54, 1.807) is 7.05 Å². The number of hydrogen-bond acceptors (Lipinski definition) is 5. The minimum absolute atomic E-state index is 0.0533. The summed E-state index contributed by atoms with van der Waals surface area (Å²) in [6.07, 6.45) is 3.03. The number of nitrogens with two attached hydrogens (primary N) is 1. The Labute approximate surface area is 97.9 Å². The van der Waals surface area contributed by atoms with Crippen LogP contribution in [0.5, 0.6) is 0 Å². The number of primary amides is 1. The lowest BCUT2D eigenvalue weighted by Gasteiger charge is -2.01. The second kappa shape index (κ2) is 5.83. The lowest BCUT2D eigenvalue weighted by atomic mass is 10.2. The molecular weight excluding hydrogens is 226 g/mol. The number of hydrogen-bond donors (Lipinski definition) is 2. The van der Waals surface area contributed by atoms with E-state index in [0.29, 0.717) is 25.8 Å². The summed E-state index contributed by atoms with van der Waals surface area (Å²) in [6, 6.07) is 0. The Morgan fingerprint density at radius 3 is 2.94 bits per heavy atom. The van der Waals surface area contributed by atoms with Crippen molar-refractivity contribution in [3.63, 3.8) is 0 Å². The van der Waals surface area contributed by atoms with Crippen molar-refractivity contribution in [1.82, 2.24) is 9.78 Å². The molecule has 0 saturated heterocycles. The van der Waals surface area contributed by atoms with Crippen LogP contribution in [0.15, 0.2) is 6.20 Å². The third-order valence-corrected chi connectivity index (χ3v) is 2.15. The summed E-state index contributed by atoms with van der Waals surface area (Å²) in [5, 5.41) is 17.5. The van der Waals surface area contributed by atoms with E-state index in [-0.39, 0.29) is 17.4 Å². The predicted molar refractivity (Wildman–Crippen MR) is 61.4 cm³/mol. The van der Waals surface area contributed by atoms with E-state index in [4.69, 9.17) is 5.73 Å². The van der Waals surface area contributed by atoms with Crippen LogP contribution in [0.25, 0.3) is 0 Å². The zero-order valence-electron chi connectivity index (χ0n) is 9.55. The number of amides is 1. The van der Waals surface area contributed by atoms with Crippen LogP contribution in [-0.4, -0.2) is 27.2 Å². The molecule has 0 aliphatic rings. The van der Waals surface area contributed by atoms with E-state index in [1.807, 2.05) is 0 Å². The number of aryl methyl sites for hydroxylation is 1. The van der Waals surface area contributed by atoms with Gasteiger partial charge in [-0.1, -0.05) is 0 Å². The maximum Gasteiger partial charge on any atom is 0.330 e. The zero-order chi connectivity index (χ0) is 12.8. The van der Waals surface area contributed by atoms with Gasteiger partial charge in [-0.3, -0.25) is 19.6 Å². The second-order valence-electron chi connectivity index (χ2n) is 3.64. The van der Waals surface area contributed by atoms with Crippen LogP contribution in [0.3, 0.4) is 0 Å². The maximum absolute atomic E-state index is 10.7. The van der Waals surface area contributed by atoms with Crippen LogP contribution < -0.4 is 11.1 Å². The molecule has 3 N–H and O–H groups in total. The maximum atomic E-state index is 10.7. The van der Waals surface area contributed by atoms with Crippen molar-refractivity contribution in [2.24, 2.45) is 12.8 Å². The summed E-state index contributed by atoms with van der Waals surface area (Å²) < 4.78 is 1.38. The first-order valence-corrected chi connectivity index (χ1v) is 5.21. The van der Waals surface area contributed by atoms with Crippen LogP contribution >= 0.6 is 0 Å². The third kappa shape index (κ3) is 4.09. The fourth-order valence-corrected chi connectivity index (χ4v) is 1.37. The molecule has 0 bridgehead atoms. The molecule has 0 spiro atoms. The number of nitrogens with zero attached hydrogens (tertiary/aromatic N) is 3. The molecule has 8 heteroatoms. The highest BCUT2D eigenvalue weighted by molar-refractivity contribution is 5.73. The first-order chi connectivity index (χ1) is 8.00. The summed E-state index contributed by atoms with van der Waals surface area (Å²) in [5.74, 6) is -0.0922. The van der Waals surface area contributed by atoms with E-state index in [9.17, 15) is 14.9 Å². The van der Waals surface area contributed by atoms with Crippen molar-refractivity contribution in [3.05, 3.63) is 16.3 Å². The molecule has 0 aromatic carbocycles. The van der Waals surface area contributed by atoms with Gasteiger partial charge in [-0.2, -0.15) is 0 Å². The van der Waals surface area contributed by atoms with Crippen molar-refractivity contribution < 1.29 is 9.72 Å². The fraction of sp³-hybridized carbons (Fsp3) is 0.556. The minimum atomic E-state index is -0.487. The Bertz CT molecular complexity index is 415. The van der Waals surface area contributed by atoms with Crippen LogP contribution in [0.1, 0.15) is 19.3 Å². The number of unbranched alkanes of at least 4 members (excludes halogenated alkanes) is 1. The second-order valence-corrected chi connectivity index (χ2v) is 3.64. The largest absolute Gasteiger partial charge is 0.370 e. The smallest absolute Gasteiger partial charge is 0.330 e. The molecule has 1 aromatic heterocycles. The van der Waals surface area contributed by atoms with Gasteiger partial charge in [-0.05, 0) is 12.8 Å². The first kappa shape index (κ1) is 12.9. The molecule has 0 saturated carbocycles. The van der Waals surface area contributed by atoms with Crippen LogP contribution in [0.4, 0.5) is 11.5 Å². The van der Waals surface area contributed by atoms with Gasteiger partial charge in [0.1, 0.15) is 6.20 Å². The van der Waals surface area contributed by atoms with Gasteiger partial charge < -0.3 is 11.1 Å². The highest BCUT2D eigenvalue weighted by atomic mass is 16.6. The zero-order valence-corrected chi connectivity index (χ0v) is 9.55. The molecule has 1 heterocycles. The molecule has 8 nitrogen and oxygen atoms in total. The Morgan fingerprint density at radius 1 is 1.65 bits per heavy atom. The normalized spacial score (nSPS) is 10.2. The van der Waals surface area contributed by atoms with Gasteiger partial charge in [0.05, 0.1) is 4.92 Å². The molecule has 17 heavy (non-hydrogen) atoms. The first-order valence-electron chi connectivity index (χ1n) is 5.21. The predicted octanol–water partition coefficient (Wildman–Crippen LogP) is 0.396. The average molecular weight is 241 g/mol. The quantitative estimate of drug-likeness (QED) is 0.407. The highest BCUT2D eigenvalue weighted by Gasteiger charge is 2.17. The number of aromatic nitrogens is 2. The Balaban J connectivity index is 2.41. The van der Waals surface area contributed by atoms with Gasteiger partial charge in [0.15, 0.2) is 0 Å². The van der Waals surface area contributed by atoms with Crippen molar-refractivity contribution in [2.45, 2.75) is 19.3 Å². The molecule has 0 atom stereocenters. The summed E-state index contributed by atoms with van der Waals surface area (Å²) in [4.78, 5) is 20.7. The SMILES string of the molecule is Cn1cc([N+](=O)[O-])c(NCCCCC(N)=O)n1. The Kier molecular flexibility index (Phi) is 4.44. The topological polar surface area (TPSA) is 116 Å². The van der Waals surface area contributed by atoms with E-state index in [0.717, 1.165) is 0 Å². The summed E-state index contributed by atoms with van der Waals surface area (Å²) in [5.41, 5.74) is 4.94. The monoisotopic (exact) mass is 241 g/mol. The third-order valence-electron chi connectivity index (χ3n) is 2.15. The van der Waals surface area contributed by atoms with E-state index >= 15 is 0 Å². The van der Waals surface area contributed by atoms with Crippen LogP contribution in [0, 0.1) is 10.1 Å². The lowest BCUT2D eigenvalue weighted by molar-refractivity contribution is -0.384. The molecule has 1 amide bonds. The molecule has 1 aromatic rings. The molecule has 0 radical (unpaired) electrons. The Morgan fingerprint density at radius 2 is 2.35 bits per heavy atom. The lowest BCUT2D eigenvalue weighted by Crippen LogP contribution is -2.11. The summed E-state index contributed by atoms with van der Waals surface area (Å²) in [7, 11) is 1.62. The standard InChI is InChI=1S/C9H15N5O3/c1-13-6-7(14(16)17)9(12-13)11-5-3-2-4-8(10)15/h6H,2-5H2,1H3,(H2,10,15)(H,11,12). The number of nitro groups is 1. The van der Waals surface area contributed by atoms with Crippen LogP contribution in [0.2, 0.25) is 0 Å². The molecule has 0 aliphatic carbocycles. The molecule has 0 fully saturated rings. The number of nitrogens with one attached hydrogen (secondary N) is 1. The van der Waals surface area contributed by atoms with Crippen molar-refractivity contribution in [2.75, 3.05) is 11.9 Å². The van der Waals surface area contributed by atoms with Gasteiger partial charge in [0, 0.05) is 20.0 Å². The molecule has 1 rings (SSSR count). The number of carbonyl (C=O) groups excluding carboxylic acids is 1. The van der Waals surface area contributed by atoms with Gasteiger partial charge in [0.25, 0.3) is 0 Å². The van der Waals surface area contributed by atoms with Crippen molar-refractivity contribution in [3.8, 4) is 0 Å². The fourth-order valence-electron chi connectivity index (χ4n) is 1.37. The Hall–Kier alpha value is -2.12. The number of carbonyl (C=O) groups is 1. The molecule has 0 unspecified atom stereocenters. The van der Waals surface area contributed by atoms with Gasteiger partial charge in [-0.15, -0.1) is 5.10 Å². The van der Waals surface area contributed by atoms with Gasteiger partial charge in [0.2, 0.25) is 11.7 Å². The average Bonchev–Trinajstić information content (AvgIpc) is 2.59. The number of rotatable bonds is 7. The van der Waals surface area contributed by atoms with E-state index in [2.05, 4.69) is 10.4 Å². The molecule has 94 valence electrons. The van der Waals surface area contributed by atoms with Gasteiger partial charge in [-0.25, -0.2) is 0 Å². The molecule has 0 aliphatic heterocycles. The summed E-state index contributed by atoms with van der Waals surface area (Å²) >= 11 is 0. The summed E-state index contributed by atoms with van der Waals surface area (Å²) in [6.45, 7) is 0.519. The van der Waals surface area contributed by atoms with Crippen LogP contribution in [-0.2, 0) is 11.8 Å². The van der Waals surface area contributed by atoms with Gasteiger partial charge >= 0.3 is 5.69 Å². The highest BCUT2D eigenvalue weighted by Crippen LogP contribution is 2.21. The minimum Gasteiger partial charge on any atom is -0.370 e. The van der Waals surface area contributed by atoms with E-state index in [1.165, 1.54) is 10.9 Å². The van der Waals surface area contributed by atoms with Crippen molar-refractivity contribution >= 4 is 17.4 Å². The number of anilines is 1. The van der Waals surface area contributed by atoms with Crippen molar-refractivity contribution in [1.29, 1.82) is 0 Å². The molecular formula is C9H15N5O3. The van der Waals surface area contributed by atoms with E-state index < -0.39 is 4.92 Å².